The van der Waals surface area contributed by atoms with Gasteiger partial charge in [0.2, 0.25) is 0 Å². The van der Waals surface area contributed by atoms with Crippen LogP contribution in [0.3, 0.4) is 0 Å². The van der Waals surface area contributed by atoms with Gasteiger partial charge in [-0.05, 0) is 141 Å². The van der Waals surface area contributed by atoms with Crippen LogP contribution in [0.1, 0.15) is 0 Å². The lowest BCUT2D eigenvalue weighted by Crippen LogP contribution is -1.94. The van der Waals surface area contributed by atoms with Crippen molar-refractivity contribution < 1.29 is 0 Å². The summed E-state index contributed by atoms with van der Waals surface area (Å²) in [5.74, 6) is 0. The van der Waals surface area contributed by atoms with E-state index in [1.807, 2.05) is 0 Å². The van der Waals surface area contributed by atoms with E-state index in [4.69, 9.17) is 0 Å². The molecule has 0 aliphatic carbocycles. The Balaban J connectivity index is 1.12. The highest BCUT2D eigenvalue weighted by Gasteiger charge is 2.20. The van der Waals surface area contributed by atoms with Gasteiger partial charge in [0.15, 0.2) is 0 Å². The molecule has 11 rings (SSSR count). The van der Waals surface area contributed by atoms with Crippen molar-refractivity contribution in [3.63, 3.8) is 0 Å². The maximum Gasteiger partial charge on any atom is -0.00199 e. The summed E-state index contributed by atoms with van der Waals surface area (Å²) in [5.41, 5.74) is 19.3. The van der Waals surface area contributed by atoms with Crippen molar-refractivity contribution in [2.75, 3.05) is 0 Å². The molecule has 0 nitrogen and oxygen atoms in total. The third kappa shape index (κ3) is 6.98. The molecule has 11 aromatic carbocycles. The SMILES string of the molecule is c1ccc(-c2cccc(-c3cccc(-c4ccc(-c5cccc(-c6cccc(-c7ccccc7)c6)c5)c(-c5c6ccccc6c(-c6ccccc6)c6ccccc56)c4)c3)c2)cc1. The maximum absolute atomic E-state index is 2.44. The van der Waals surface area contributed by atoms with E-state index < -0.39 is 0 Å². The second-order valence-electron chi connectivity index (χ2n) is 16.0. The summed E-state index contributed by atoms with van der Waals surface area (Å²) in [6, 6.07) is 93.0. The Kier molecular flexibility index (Phi) is 9.65. The highest BCUT2D eigenvalue weighted by atomic mass is 14.2. The van der Waals surface area contributed by atoms with Crippen LogP contribution in [-0.2, 0) is 0 Å². The Morgan fingerprint density at radius 2 is 0.435 bits per heavy atom. The molecule has 0 radical (unpaired) electrons. The molecule has 0 aromatic heterocycles. The Morgan fingerprint density at radius 1 is 0.145 bits per heavy atom. The van der Waals surface area contributed by atoms with E-state index in [2.05, 4.69) is 255 Å². The molecule has 0 saturated carbocycles. The molecule has 11 aromatic rings. The molecule has 0 aliphatic rings. The molecule has 290 valence electrons. The lowest BCUT2D eigenvalue weighted by molar-refractivity contribution is 1.55. The number of fused-ring (bicyclic) bond motifs is 2. The largest absolute Gasteiger partial charge is 0.0622 e. The van der Waals surface area contributed by atoms with Crippen molar-refractivity contribution in [1.29, 1.82) is 0 Å². The zero-order valence-electron chi connectivity index (χ0n) is 34.2. The van der Waals surface area contributed by atoms with Crippen LogP contribution >= 0.6 is 0 Å². The van der Waals surface area contributed by atoms with Gasteiger partial charge in [-0.3, -0.25) is 0 Å². The predicted octanol–water partition coefficient (Wildman–Crippen LogP) is 17.3. The predicted molar refractivity (Wildman–Crippen MR) is 265 cm³/mol. The third-order valence-electron chi connectivity index (χ3n) is 12.3. The van der Waals surface area contributed by atoms with E-state index in [-0.39, 0.29) is 0 Å². The summed E-state index contributed by atoms with van der Waals surface area (Å²) < 4.78 is 0. The molecule has 0 amide bonds. The van der Waals surface area contributed by atoms with Crippen LogP contribution in [0.2, 0.25) is 0 Å². The van der Waals surface area contributed by atoms with Crippen LogP contribution in [-0.4, -0.2) is 0 Å². The topological polar surface area (TPSA) is 0 Å². The smallest absolute Gasteiger partial charge is 0.00199 e. The lowest BCUT2D eigenvalue weighted by Gasteiger charge is -2.21. The van der Waals surface area contributed by atoms with Crippen molar-refractivity contribution >= 4 is 21.5 Å². The molecule has 0 heterocycles. The average Bonchev–Trinajstić information content (AvgIpc) is 3.36. The molecule has 0 unspecified atom stereocenters. The van der Waals surface area contributed by atoms with Crippen molar-refractivity contribution in [2.24, 2.45) is 0 Å². The van der Waals surface area contributed by atoms with Crippen molar-refractivity contribution in [1.82, 2.24) is 0 Å². The summed E-state index contributed by atoms with van der Waals surface area (Å²) >= 11 is 0. The van der Waals surface area contributed by atoms with Gasteiger partial charge in [0.05, 0.1) is 0 Å². The van der Waals surface area contributed by atoms with Crippen LogP contribution < -0.4 is 0 Å². The summed E-state index contributed by atoms with van der Waals surface area (Å²) in [6.45, 7) is 0. The second kappa shape index (κ2) is 16.2. The Bertz CT molecular complexity index is 3320. The summed E-state index contributed by atoms with van der Waals surface area (Å²) in [6.07, 6.45) is 0. The van der Waals surface area contributed by atoms with Gasteiger partial charge in [-0.2, -0.15) is 0 Å². The summed E-state index contributed by atoms with van der Waals surface area (Å²) in [7, 11) is 0. The second-order valence-corrected chi connectivity index (χ2v) is 16.0. The maximum atomic E-state index is 2.44. The minimum absolute atomic E-state index is 1.18. The summed E-state index contributed by atoms with van der Waals surface area (Å²) in [4.78, 5) is 0. The van der Waals surface area contributed by atoms with Crippen LogP contribution in [0.5, 0.6) is 0 Å². The first-order valence-electron chi connectivity index (χ1n) is 21.4. The minimum Gasteiger partial charge on any atom is -0.0622 e. The third-order valence-corrected chi connectivity index (χ3v) is 12.3. The Morgan fingerprint density at radius 3 is 0.855 bits per heavy atom. The minimum atomic E-state index is 1.18. The molecule has 0 fully saturated rings. The van der Waals surface area contributed by atoms with Crippen LogP contribution in [0, 0.1) is 0 Å². The molecule has 0 spiro atoms. The molecule has 0 aliphatic heterocycles. The van der Waals surface area contributed by atoms with Gasteiger partial charge in [0.1, 0.15) is 0 Å². The van der Waals surface area contributed by atoms with Crippen molar-refractivity contribution in [3.05, 3.63) is 255 Å². The molecule has 0 saturated heterocycles. The quantitative estimate of drug-likeness (QED) is 0.135. The summed E-state index contributed by atoms with van der Waals surface area (Å²) in [5, 5.41) is 4.97. The van der Waals surface area contributed by atoms with E-state index in [9.17, 15) is 0 Å². The highest BCUT2D eigenvalue weighted by Crippen LogP contribution is 2.47. The molecular weight excluding hydrogens is 745 g/mol. The van der Waals surface area contributed by atoms with E-state index in [0.717, 1.165) is 0 Å². The highest BCUT2D eigenvalue weighted by molar-refractivity contribution is 6.22. The van der Waals surface area contributed by atoms with E-state index >= 15 is 0 Å². The van der Waals surface area contributed by atoms with Gasteiger partial charge >= 0.3 is 0 Å². The van der Waals surface area contributed by atoms with E-state index in [1.165, 1.54) is 111 Å². The normalized spacial score (nSPS) is 11.2. The molecular formula is C62H42. The number of hydrogen-bond donors (Lipinski definition) is 0. The zero-order chi connectivity index (χ0) is 41.2. The standard InChI is InChI=1S/C62H42/c1-4-18-43(19-5-1)46-24-14-26-48(38-46)50-28-16-29-51(40-50)53-36-37-55(54-31-17-30-52(41-54)49-27-15-25-47(39-49)44-20-6-2-7-21-44)60(42-53)62-58-34-12-10-32-56(58)61(45-22-8-3-9-23-45)57-33-11-13-35-59(57)62/h1-42H. The molecule has 62 heavy (non-hydrogen) atoms. The molecule has 0 atom stereocenters. The number of hydrogen-bond acceptors (Lipinski definition) is 0. The number of benzene rings is 11. The van der Waals surface area contributed by atoms with Gasteiger partial charge in [0, 0.05) is 0 Å². The molecule has 0 heteroatoms. The van der Waals surface area contributed by atoms with E-state index in [0.29, 0.717) is 0 Å². The Hall–Kier alpha value is -8.06. The Labute approximate surface area is 363 Å². The first-order chi connectivity index (χ1) is 30.7. The van der Waals surface area contributed by atoms with Crippen LogP contribution in [0.25, 0.3) is 111 Å². The van der Waals surface area contributed by atoms with Gasteiger partial charge in [0.25, 0.3) is 0 Å². The monoisotopic (exact) mass is 786 g/mol. The van der Waals surface area contributed by atoms with Gasteiger partial charge in [-0.1, -0.05) is 224 Å². The lowest BCUT2D eigenvalue weighted by atomic mass is 9.82. The number of rotatable bonds is 8. The first-order valence-corrected chi connectivity index (χ1v) is 21.4. The fourth-order valence-corrected chi connectivity index (χ4v) is 9.28. The van der Waals surface area contributed by atoms with Gasteiger partial charge in [-0.25, -0.2) is 0 Å². The van der Waals surface area contributed by atoms with E-state index in [1.54, 1.807) is 0 Å². The molecule has 0 N–H and O–H groups in total. The fraction of sp³-hybridized carbons (Fsp3) is 0. The average molecular weight is 787 g/mol. The fourth-order valence-electron chi connectivity index (χ4n) is 9.28. The van der Waals surface area contributed by atoms with Crippen LogP contribution in [0.4, 0.5) is 0 Å². The molecule has 0 bridgehead atoms. The zero-order valence-corrected chi connectivity index (χ0v) is 34.2. The van der Waals surface area contributed by atoms with Crippen molar-refractivity contribution in [3.8, 4) is 89.0 Å². The van der Waals surface area contributed by atoms with Gasteiger partial charge < -0.3 is 0 Å². The van der Waals surface area contributed by atoms with Crippen molar-refractivity contribution in [2.45, 2.75) is 0 Å². The first kappa shape index (κ1) is 37.0. The van der Waals surface area contributed by atoms with Gasteiger partial charge in [-0.15, -0.1) is 0 Å². The van der Waals surface area contributed by atoms with Crippen LogP contribution in [0.15, 0.2) is 255 Å².